The van der Waals surface area contributed by atoms with E-state index in [2.05, 4.69) is 30.7 Å². The summed E-state index contributed by atoms with van der Waals surface area (Å²) in [6.45, 7) is 7.60. The highest BCUT2D eigenvalue weighted by atomic mass is 32.2. The third kappa shape index (κ3) is 11.3. The average molecular weight is 737 g/mol. The van der Waals surface area contributed by atoms with Gasteiger partial charge < -0.3 is 30.2 Å². The molecular weight excluding hydrogens is 689 g/mol. The molecule has 0 aliphatic carbocycles. The Bertz CT molecular complexity index is 1920. The lowest BCUT2D eigenvalue weighted by Crippen LogP contribution is -2.55. The van der Waals surface area contributed by atoms with Crippen LogP contribution in [0.5, 0.6) is 0 Å². The molecule has 4 aromatic rings. The van der Waals surface area contributed by atoms with Crippen LogP contribution in [-0.2, 0) is 37.3 Å². The van der Waals surface area contributed by atoms with Crippen LogP contribution in [0.15, 0.2) is 83.8 Å². The first kappa shape index (κ1) is 39.8. The Morgan fingerprint density at radius 2 is 1.60 bits per heavy atom. The number of hydrogen-bond donors (Lipinski definition) is 5. The molecule has 0 saturated heterocycles. The molecule has 0 radical (unpaired) electrons. The number of hydrogen-bond acceptors (Lipinski definition) is 9. The molecular formula is C37H48N6O8S. The maximum atomic E-state index is 14.4. The number of aromatic amines is 1. The molecule has 52 heavy (non-hydrogen) atoms. The van der Waals surface area contributed by atoms with Crippen molar-refractivity contribution in [2.24, 2.45) is 11.3 Å². The minimum Gasteiger partial charge on any atom is -0.453 e. The first-order chi connectivity index (χ1) is 24.6. The predicted octanol–water partition coefficient (Wildman–Crippen LogP) is 5.17. The van der Waals surface area contributed by atoms with Crippen LogP contribution in [0.3, 0.4) is 0 Å². The summed E-state index contributed by atoms with van der Waals surface area (Å²) < 4.78 is 39.8. The van der Waals surface area contributed by atoms with E-state index in [1.807, 2.05) is 64.1 Å². The fourth-order valence-corrected chi connectivity index (χ4v) is 7.43. The van der Waals surface area contributed by atoms with Crippen molar-refractivity contribution in [2.75, 3.05) is 32.1 Å². The third-order valence-corrected chi connectivity index (χ3v) is 10.1. The van der Waals surface area contributed by atoms with Crippen molar-refractivity contribution in [3.05, 3.63) is 90.0 Å². The zero-order valence-electron chi connectivity index (χ0n) is 30.1. The quantitative estimate of drug-likeness (QED) is 0.0911. The van der Waals surface area contributed by atoms with Crippen LogP contribution < -0.4 is 16.0 Å². The van der Waals surface area contributed by atoms with Crippen LogP contribution in [0.1, 0.15) is 51.7 Å². The summed E-state index contributed by atoms with van der Waals surface area (Å²) in [5.41, 5.74) is -0.281. The van der Waals surface area contributed by atoms with Gasteiger partial charge in [0.1, 0.15) is 12.3 Å². The SMILES string of the molecule is COC(=O)Nc1nc2cc(S(=O)(=O)N(CC(C)C)C(O)(CCNC(=O)CC(C)(C)CNC(=O)OCc3ccccc3)Cc3ccccc3)ccc2[nH]1. The Hall–Kier alpha value is -4.99. The molecule has 3 amide bonds. The smallest absolute Gasteiger partial charge is 0.413 e. The predicted molar refractivity (Wildman–Crippen MR) is 197 cm³/mol. The van der Waals surface area contributed by atoms with E-state index in [0.29, 0.717) is 11.1 Å². The van der Waals surface area contributed by atoms with Crippen LogP contribution in [0.2, 0.25) is 0 Å². The van der Waals surface area contributed by atoms with E-state index in [0.717, 1.165) is 9.87 Å². The standard InChI is InChI=1S/C37H48N6O8S/c1-26(2)23-43(52(48,49)29-16-17-30-31(20-29)41-33(40-30)42-35(46)50-5)37(47,21-27-12-8-6-9-13-27)18-19-38-32(44)22-36(3,4)25-39-34(45)51-24-28-14-10-7-11-15-28/h6-17,20,26,47H,18-19,21-25H2,1-5H3,(H,38,44)(H,39,45)(H2,40,41,42,46). The average Bonchev–Trinajstić information content (AvgIpc) is 3.51. The first-order valence-corrected chi connectivity index (χ1v) is 18.4. The van der Waals surface area contributed by atoms with Gasteiger partial charge in [-0.05, 0) is 40.7 Å². The summed E-state index contributed by atoms with van der Waals surface area (Å²) in [5, 5.41) is 20.4. The van der Waals surface area contributed by atoms with Gasteiger partial charge in [0.15, 0.2) is 0 Å². The van der Waals surface area contributed by atoms with Crippen LogP contribution in [0.25, 0.3) is 11.0 Å². The molecule has 5 N–H and O–H groups in total. The molecule has 1 aromatic heterocycles. The van der Waals surface area contributed by atoms with E-state index in [1.165, 1.54) is 25.3 Å². The maximum absolute atomic E-state index is 14.4. The Labute approximate surface area is 304 Å². The molecule has 3 aromatic carbocycles. The Kier molecular flexibility index (Phi) is 13.4. The maximum Gasteiger partial charge on any atom is 0.413 e. The Morgan fingerprint density at radius 3 is 2.23 bits per heavy atom. The number of aromatic nitrogens is 2. The number of nitrogens with one attached hydrogen (secondary N) is 4. The molecule has 0 saturated carbocycles. The highest BCUT2D eigenvalue weighted by Gasteiger charge is 2.43. The summed E-state index contributed by atoms with van der Waals surface area (Å²) >= 11 is 0. The zero-order valence-corrected chi connectivity index (χ0v) is 31.0. The fraction of sp³-hybridized carbons (Fsp3) is 0.405. The van der Waals surface area contributed by atoms with Gasteiger partial charge in [-0.1, -0.05) is 88.4 Å². The summed E-state index contributed by atoms with van der Waals surface area (Å²) in [7, 11) is -3.14. The van der Waals surface area contributed by atoms with E-state index < -0.39 is 33.3 Å². The van der Waals surface area contributed by atoms with Crippen molar-refractivity contribution in [1.29, 1.82) is 0 Å². The number of rotatable bonds is 17. The van der Waals surface area contributed by atoms with Gasteiger partial charge in [0.25, 0.3) is 0 Å². The number of amides is 3. The molecule has 0 aliphatic heterocycles. The monoisotopic (exact) mass is 736 g/mol. The van der Waals surface area contributed by atoms with Crippen molar-refractivity contribution in [3.8, 4) is 0 Å². The number of carbonyl (C=O) groups is 3. The number of H-pyrrole nitrogens is 1. The van der Waals surface area contributed by atoms with Gasteiger partial charge in [0, 0.05) is 38.9 Å². The lowest BCUT2D eigenvalue weighted by atomic mass is 9.89. The highest BCUT2D eigenvalue weighted by Crippen LogP contribution is 2.32. The number of benzene rings is 3. The van der Waals surface area contributed by atoms with E-state index in [1.54, 1.807) is 24.3 Å². The van der Waals surface area contributed by atoms with Crippen molar-refractivity contribution in [3.63, 3.8) is 0 Å². The Morgan fingerprint density at radius 1 is 0.942 bits per heavy atom. The molecule has 15 heteroatoms. The van der Waals surface area contributed by atoms with Gasteiger partial charge in [-0.25, -0.2) is 23.0 Å². The number of alkyl carbamates (subject to hydrolysis) is 1. The topological polar surface area (TPSA) is 192 Å². The fourth-order valence-electron chi connectivity index (χ4n) is 5.58. The highest BCUT2D eigenvalue weighted by molar-refractivity contribution is 7.89. The summed E-state index contributed by atoms with van der Waals surface area (Å²) in [4.78, 5) is 44.2. The number of methoxy groups -OCH3 is 1. The van der Waals surface area contributed by atoms with Crippen LogP contribution in [-0.4, -0.2) is 78.4 Å². The third-order valence-electron chi connectivity index (χ3n) is 8.18. The first-order valence-electron chi connectivity index (χ1n) is 17.0. The summed E-state index contributed by atoms with van der Waals surface area (Å²) in [6.07, 6.45) is -1.46. The minimum absolute atomic E-state index is 0.0214. The molecule has 1 atom stereocenters. The van der Waals surface area contributed by atoms with E-state index in [-0.39, 0.29) is 73.7 Å². The molecule has 0 aliphatic rings. The molecule has 14 nitrogen and oxygen atoms in total. The second kappa shape index (κ2) is 17.5. The molecule has 4 rings (SSSR count). The van der Waals surface area contributed by atoms with Crippen molar-refractivity contribution in [2.45, 2.75) is 64.2 Å². The number of anilines is 1. The molecule has 1 unspecified atom stereocenters. The van der Waals surface area contributed by atoms with Gasteiger partial charge >= 0.3 is 12.2 Å². The van der Waals surface area contributed by atoms with Gasteiger partial charge in [0.2, 0.25) is 21.9 Å². The normalized spacial score (nSPS) is 13.1. The van der Waals surface area contributed by atoms with Crippen LogP contribution in [0, 0.1) is 11.3 Å². The second-order valence-electron chi connectivity index (χ2n) is 13.8. The number of fused-ring (bicyclic) bond motifs is 1. The van der Waals surface area contributed by atoms with Gasteiger partial charge in [0.05, 0.1) is 23.0 Å². The van der Waals surface area contributed by atoms with Crippen LogP contribution >= 0.6 is 0 Å². The van der Waals surface area contributed by atoms with Gasteiger partial charge in [-0.15, -0.1) is 0 Å². The molecule has 280 valence electrons. The van der Waals surface area contributed by atoms with E-state index in [4.69, 9.17) is 4.74 Å². The molecule has 0 bridgehead atoms. The minimum atomic E-state index is -4.35. The van der Waals surface area contributed by atoms with Crippen molar-refractivity contribution in [1.82, 2.24) is 24.9 Å². The van der Waals surface area contributed by atoms with Gasteiger partial charge in [-0.2, -0.15) is 4.31 Å². The van der Waals surface area contributed by atoms with E-state index in [9.17, 15) is 27.9 Å². The lowest BCUT2D eigenvalue weighted by Gasteiger charge is -2.40. The van der Waals surface area contributed by atoms with Crippen molar-refractivity contribution >= 4 is 45.1 Å². The molecule has 0 fully saturated rings. The second-order valence-corrected chi connectivity index (χ2v) is 15.7. The number of aliphatic hydroxyl groups is 1. The number of nitrogens with zero attached hydrogens (tertiary/aromatic N) is 2. The lowest BCUT2D eigenvalue weighted by molar-refractivity contribution is -0.123. The number of imidazole rings is 1. The van der Waals surface area contributed by atoms with E-state index >= 15 is 0 Å². The Balaban J connectivity index is 1.48. The number of carbonyl (C=O) groups excluding carboxylic acids is 3. The largest absolute Gasteiger partial charge is 0.453 e. The zero-order chi connectivity index (χ0) is 37.9. The molecule has 1 heterocycles. The van der Waals surface area contributed by atoms with Gasteiger partial charge in [-0.3, -0.25) is 10.1 Å². The summed E-state index contributed by atoms with van der Waals surface area (Å²) in [5.74, 6) is -0.428. The summed E-state index contributed by atoms with van der Waals surface area (Å²) in [6, 6.07) is 22.6. The number of sulfonamides is 1. The van der Waals surface area contributed by atoms with Crippen LogP contribution in [0.4, 0.5) is 15.5 Å². The van der Waals surface area contributed by atoms with Crippen molar-refractivity contribution < 1.29 is 37.4 Å². The number of ether oxygens (including phenoxy) is 2. The molecule has 0 spiro atoms.